The Labute approximate surface area is 128 Å². The zero-order chi connectivity index (χ0) is 15.7. The lowest BCUT2D eigenvalue weighted by molar-refractivity contribution is 0.291. The molecule has 0 radical (unpaired) electrons. The third-order valence-electron chi connectivity index (χ3n) is 2.92. The first-order valence-corrected chi connectivity index (χ1v) is 8.01. The predicted octanol–water partition coefficient (Wildman–Crippen LogP) is 3.11. The molecule has 1 aromatic heterocycles. The smallest absolute Gasteiger partial charge is 0.323 e. The van der Waals surface area contributed by atoms with Crippen LogP contribution in [0.25, 0.3) is 0 Å². The molecule has 0 aliphatic heterocycles. The predicted molar refractivity (Wildman–Crippen MR) is 87.2 cm³/mol. The highest BCUT2D eigenvalue weighted by molar-refractivity contribution is 5.39. The molecule has 21 heavy (non-hydrogen) atoms. The molecule has 0 spiro atoms. The Bertz CT molecular complexity index is 385. The number of anilines is 2. The van der Waals surface area contributed by atoms with Crippen molar-refractivity contribution < 1.29 is 4.74 Å². The van der Waals surface area contributed by atoms with Crippen LogP contribution in [0.1, 0.15) is 53.9 Å². The van der Waals surface area contributed by atoms with Gasteiger partial charge in [0.25, 0.3) is 0 Å². The third-order valence-corrected chi connectivity index (χ3v) is 2.92. The topological polar surface area (TPSA) is 63.2 Å². The second kappa shape index (κ2) is 9.37. The van der Waals surface area contributed by atoms with E-state index in [1.807, 2.05) is 0 Å². The summed E-state index contributed by atoms with van der Waals surface area (Å²) in [4.78, 5) is 15.5. The molecule has 1 N–H and O–H groups in total. The van der Waals surface area contributed by atoms with Crippen LogP contribution < -0.4 is 15.0 Å². The second-order valence-corrected chi connectivity index (χ2v) is 5.30. The van der Waals surface area contributed by atoms with Gasteiger partial charge in [-0.05, 0) is 33.1 Å². The van der Waals surface area contributed by atoms with Crippen molar-refractivity contribution in [3.8, 4) is 6.01 Å². The number of hydrogen-bond donors (Lipinski definition) is 1. The lowest BCUT2D eigenvalue weighted by Gasteiger charge is -2.26. The molecule has 1 heterocycles. The quantitative estimate of drug-likeness (QED) is 0.715. The monoisotopic (exact) mass is 295 g/mol. The fourth-order valence-electron chi connectivity index (χ4n) is 1.88. The van der Waals surface area contributed by atoms with E-state index in [0.29, 0.717) is 30.6 Å². The van der Waals surface area contributed by atoms with Crippen LogP contribution in [0.15, 0.2) is 0 Å². The summed E-state index contributed by atoms with van der Waals surface area (Å²) in [7, 11) is 0. The fourth-order valence-corrected chi connectivity index (χ4v) is 1.88. The first-order chi connectivity index (χ1) is 10.1. The largest absolute Gasteiger partial charge is 0.463 e. The summed E-state index contributed by atoms with van der Waals surface area (Å²) in [6.07, 6.45) is 3.00. The first-order valence-electron chi connectivity index (χ1n) is 8.01. The van der Waals surface area contributed by atoms with E-state index >= 15 is 0 Å². The highest BCUT2D eigenvalue weighted by atomic mass is 16.5. The van der Waals surface area contributed by atoms with E-state index in [-0.39, 0.29) is 0 Å². The van der Waals surface area contributed by atoms with E-state index in [1.54, 1.807) is 0 Å². The van der Waals surface area contributed by atoms with Gasteiger partial charge in [-0.25, -0.2) is 0 Å². The van der Waals surface area contributed by atoms with Gasteiger partial charge in [-0.15, -0.1) is 0 Å². The summed E-state index contributed by atoms with van der Waals surface area (Å²) >= 11 is 0. The van der Waals surface area contributed by atoms with Gasteiger partial charge in [-0.1, -0.05) is 20.8 Å². The van der Waals surface area contributed by atoms with Gasteiger partial charge < -0.3 is 15.0 Å². The summed E-state index contributed by atoms with van der Waals surface area (Å²) in [6, 6.07) is 0.743. The van der Waals surface area contributed by atoms with Crippen molar-refractivity contribution in [2.45, 2.75) is 59.9 Å². The third kappa shape index (κ3) is 5.73. The van der Waals surface area contributed by atoms with E-state index in [2.05, 4.69) is 59.8 Å². The minimum atomic E-state index is 0.338. The van der Waals surface area contributed by atoms with Crippen LogP contribution in [0.5, 0.6) is 6.01 Å². The van der Waals surface area contributed by atoms with Crippen LogP contribution in [-0.2, 0) is 0 Å². The Morgan fingerprint density at radius 2 is 1.81 bits per heavy atom. The maximum atomic E-state index is 5.60. The minimum Gasteiger partial charge on any atom is -0.463 e. The number of nitrogens with zero attached hydrogens (tertiary/aromatic N) is 4. The molecule has 0 aliphatic rings. The molecule has 120 valence electrons. The molecule has 6 nitrogen and oxygen atoms in total. The number of hydrogen-bond acceptors (Lipinski definition) is 6. The van der Waals surface area contributed by atoms with Gasteiger partial charge in [0.2, 0.25) is 11.9 Å². The Kier molecular flexibility index (Phi) is 7.79. The Balaban J connectivity index is 3.02. The molecule has 0 atom stereocenters. The lowest BCUT2D eigenvalue weighted by Crippen LogP contribution is -2.33. The van der Waals surface area contributed by atoms with E-state index in [1.165, 1.54) is 0 Å². The van der Waals surface area contributed by atoms with Gasteiger partial charge in [-0.2, -0.15) is 15.0 Å². The molecular weight excluding hydrogens is 266 g/mol. The van der Waals surface area contributed by atoms with Crippen molar-refractivity contribution in [2.24, 2.45) is 0 Å². The van der Waals surface area contributed by atoms with Crippen LogP contribution >= 0.6 is 0 Å². The summed E-state index contributed by atoms with van der Waals surface area (Å²) in [5, 5.41) is 3.22. The second-order valence-electron chi connectivity index (χ2n) is 5.30. The molecule has 0 saturated carbocycles. The van der Waals surface area contributed by atoms with Crippen LogP contribution in [0.3, 0.4) is 0 Å². The normalized spacial score (nSPS) is 10.8. The zero-order valence-corrected chi connectivity index (χ0v) is 14.0. The highest BCUT2D eigenvalue weighted by Gasteiger charge is 2.16. The zero-order valence-electron chi connectivity index (χ0n) is 14.0. The first kappa shape index (κ1) is 17.5. The van der Waals surface area contributed by atoms with Crippen molar-refractivity contribution in [2.75, 3.05) is 29.9 Å². The summed E-state index contributed by atoms with van der Waals surface area (Å²) < 4.78 is 5.60. The standard InChI is InChI=1S/C15H29N5O/c1-6-9-16-13-17-14(20(10-7-2)12(4)5)19-15(18-13)21-11-8-3/h12H,6-11H2,1-5H3,(H,16,17,18,19). The Hall–Kier alpha value is -1.59. The summed E-state index contributed by atoms with van der Waals surface area (Å²) in [6.45, 7) is 13.0. The van der Waals surface area contributed by atoms with Crippen LogP contribution in [0.4, 0.5) is 11.9 Å². The van der Waals surface area contributed by atoms with E-state index < -0.39 is 0 Å². The molecule has 6 heteroatoms. The molecule has 0 aromatic carbocycles. The molecule has 0 aliphatic carbocycles. The van der Waals surface area contributed by atoms with Crippen molar-refractivity contribution >= 4 is 11.9 Å². The lowest BCUT2D eigenvalue weighted by atomic mass is 10.3. The minimum absolute atomic E-state index is 0.338. The molecule has 0 amide bonds. The van der Waals surface area contributed by atoms with Crippen molar-refractivity contribution in [3.05, 3.63) is 0 Å². The average molecular weight is 295 g/mol. The van der Waals surface area contributed by atoms with E-state index in [4.69, 9.17) is 4.74 Å². The van der Waals surface area contributed by atoms with Crippen LogP contribution in [0, 0.1) is 0 Å². The van der Waals surface area contributed by atoms with Crippen molar-refractivity contribution in [1.82, 2.24) is 15.0 Å². The number of aromatic nitrogens is 3. The van der Waals surface area contributed by atoms with Crippen LogP contribution in [-0.4, -0.2) is 40.7 Å². The molecule has 0 unspecified atom stereocenters. The van der Waals surface area contributed by atoms with E-state index in [9.17, 15) is 0 Å². The summed E-state index contributed by atoms with van der Waals surface area (Å²) in [5.41, 5.74) is 0. The Morgan fingerprint density at radius 1 is 1.05 bits per heavy atom. The Morgan fingerprint density at radius 3 is 2.38 bits per heavy atom. The maximum Gasteiger partial charge on any atom is 0.323 e. The highest BCUT2D eigenvalue weighted by Crippen LogP contribution is 2.17. The maximum absolute atomic E-state index is 5.60. The van der Waals surface area contributed by atoms with E-state index in [0.717, 1.165) is 32.4 Å². The SMILES string of the molecule is CCCNc1nc(OCCC)nc(N(CCC)C(C)C)n1. The molecule has 0 saturated heterocycles. The van der Waals surface area contributed by atoms with Gasteiger partial charge in [0.15, 0.2) is 0 Å². The number of nitrogens with one attached hydrogen (secondary N) is 1. The number of rotatable bonds is 10. The molecule has 0 fully saturated rings. The molecule has 1 rings (SSSR count). The summed E-state index contributed by atoms with van der Waals surface area (Å²) in [5.74, 6) is 1.28. The fraction of sp³-hybridized carbons (Fsp3) is 0.800. The molecular formula is C15H29N5O. The molecule has 1 aromatic rings. The van der Waals surface area contributed by atoms with Gasteiger partial charge in [0, 0.05) is 19.1 Å². The van der Waals surface area contributed by atoms with Crippen molar-refractivity contribution in [3.63, 3.8) is 0 Å². The average Bonchev–Trinajstić information content (AvgIpc) is 2.48. The number of ether oxygens (including phenoxy) is 1. The molecule has 0 bridgehead atoms. The van der Waals surface area contributed by atoms with Gasteiger partial charge in [-0.3, -0.25) is 0 Å². The van der Waals surface area contributed by atoms with Gasteiger partial charge in [0.1, 0.15) is 0 Å². The van der Waals surface area contributed by atoms with Crippen LogP contribution in [0.2, 0.25) is 0 Å². The van der Waals surface area contributed by atoms with Gasteiger partial charge in [0.05, 0.1) is 6.61 Å². The van der Waals surface area contributed by atoms with Crippen molar-refractivity contribution in [1.29, 1.82) is 0 Å². The van der Waals surface area contributed by atoms with Gasteiger partial charge >= 0.3 is 6.01 Å².